The number of nitrogens with zero attached hydrogens (tertiary/aromatic N) is 3. The SMILES string of the molecule is CN(C)CCn1ncc(N)c1N. The highest BCUT2D eigenvalue weighted by Gasteiger charge is 2.02. The second-order valence-corrected chi connectivity index (χ2v) is 3.01. The Morgan fingerprint density at radius 2 is 2.17 bits per heavy atom. The van der Waals surface area contributed by atoms with Crippen molar-refractivity contribution in [1.29, 1.82) is 0 Å². The molecule has 0 saturated heterocycles. The van der Waals surface area contributed by atoms with Gasteiger partial charge in [-0.2, -0.15) is 5.10 Å². The Morgan fingerprint density at radius 3 is 2.58 bits per heavy atom. The molecule has 0 aromatic carbocycles. The van der Waals surface area contributed by atoms with Crippen molar-refractivity contribution in [3.05, 3.63) is 6.20 Å². The van der Waals surface area contributed by atoms with Crippen molar-refractivity contribution in [2.75, 3.05) is 32.1 Å². The molecule has 0 spiro atoms. The van der Waals surface area contributed by atoms with Crippen molar-refractivity contribution in [3.63, 3.8) is 0 Å². The van der Waals surface area contributed by atoms with Crippen molar-refractivity contribution >= 4 is 11.5 Å². The van der Waals surface area contributed by atoms with Crippen LogP contribution >= 0.6 is 0 Å². The van der Waals surface area contributed by atoms with Gasteiger partial charge in [-0.1, -0.05) is 0 Å². The van der Waals surface area contributed by atoms with E-state index in [2.05, 4.69) is 10.00 Å². The topological polar surface area (TPSA) is 73.1 Å². The molecule has 0 unspecified atom stereocenters. The lowest BCUT2D eigenvalue weighted by Gasteiger charge is -2.09. The summed E-state index contributed by atoms with van der Waals surface area (Å²) in [7, 11) is 4.01. The highest BCUT2D eigenvalue weighted by atomic mass is 15.3. The molecule has 0 radical (unpaired) electrons. The average molecular weight is 169 g/mol. The van der Waals surface area contributed by atoms with Crippen LogP contribution in [0.2, 0.25) is 0 Å². The van der Waals surface area contributed by atoms with Crippen LogP contribution < -0.4 is 11.5 Å². The van der Waals surface area contributed by atoms with Gasteiger partial charge in [-0.15, -0.1) is 0 Å². The first-order chi connectivity index (χ1) is 5.61. The number of likely N-dealkylation sites (N-methyl/N-ethyl adjacent to an activating group) is 1. The molecular weight excluding hydrogens is 154 g/mol. The van der Waals surface area contributed by atoms with Crippen LogP contribution in [0.1, 0.15) is 0 Å². The number of aromatic nitrogens is 2. The normalized spacial score (nSPS) is 10.9. The first-order valence-corrected chi connectivity index (χ1v) is 3.82. The molecule has 0 bridgehead atoms. The quantitative estimate of drug-likeness (QED) is 0.646. The van der Waals surface area contributed by atoms with Gasteiger partial charge in [-0.3, -0.25) is 0 Å². The van der Waals surface area contributed by atoms with Crippen LogP contribution in [0.15, 0.2) is 6.20 Å². The molecule has 5 heteroatoms. The molecule has 0 atom stereocenters. The van der Waals surface area contributed by atoms with E-state index >= 15 is 0 Å². The van der Waals surface area contributed by atoms with Gasteiger partial charge in [0.25, 0.3) is 0 Å². The number of hydrogen-bond donors (Lipinski definition) is 2. The van der Waals surface area contributed by atoms with E-state index in [4.69, 9.17) is 11.5 Å². The molecule has 4 N–H and O–H groups in total. The van der Waals surface area contributed by atoms with Crippen LogP contribution in [-0.4, -0.2) is 35.3 Å². The molecule has 0 fully saturated rings. The second-order valence-electron chi connectivity index (χ2n) is 3.01. The lowest BCUT2D eigenvalue weighted by molar-refractivity contribution is 0.375. The van der Waals surface area contributed by atoms with Gasteiger partial charge < -0.3 is 16.4 Å². The molecule has 0 aliphatic heterocycles. The minimum Gasteiger partial charge on any atom is -0.394 e. The minimum absolute atomic E-state index is 0.550. The van der Waals surface area contributed by atoms with E-state index < -0.39 is 0 Å². The van der Waals surface area contributed by atoms with Gasteiger partial charge in [0.1, 0.15) is 5.82 Å². The van der Waals surface area contributed by atoms with E-state index in [1.54, 1.807) is 10.9 Å². The lowest BCUT2D eigenvalue weighted by atomic mass is 10.5. The van der Waals surface area contributed by atoms with E-state index in [-0.39, 0.29) is 0 Å². The zero-order valence-electron chi connectivity index (χ0n) is 7.49. The zero-order valence-corrected chi connectivity index (χ0v) is 7.49. The summed E-state index contributed by atoms with van der Waals surface area (Å²) in [5, 5.41) is 4.03. The molecule has 1 aromatic heterocycles. The Kier molecular flexibility index (Phi) is 2.54. The van der Waals surface area contributed by atoms with Crippen LogP contribution in [0.5, 0.6) is 0 Å². The fourth-order valence-electron chi connectivity index (χ4n) is 0.882. The maximum atomic E-state index is 5.65. The Labute approximate surface area is 71.9 Å². The molecule has 0 saturated carbocycles. The van der Waals surface area contributed by atoms with Gasteiger partial charge >= 0.3 is 0 Å². The molecule has 0 aliphatic rings. The summed E-state index contributed by atoms with van der Waals surface area (Å²) < 4.78 is 1.70. The van der Waals surface area contributed by atoms with E-state index in [1.165, 1.54) is 0 Å². The summed E-state index contributed by atoms with van der Waals surface area (Å²) in [5.41, 5.74) is 11.7. The van der Waals surface area contributed by atoms with E-state index in [1.807, 2.05) is 14.1 Å². The molecule has 1 rings (SSSR count). The predicted octanol–water partition coefficient (Wildman–Crippen LogP) is -0.391. The molecule has 12 heavy (non-hydrogen) atoms. The summed E-state index contributed by atoms with van der Waals surface area (Å²) >= 11 is 0. The molecule has 5 nitrogen and oxygen atoms in total. The summed E-state index contributed by atoms with van der Waals surface area (Å²) in [6.45, 7) is 1.68. The Bertz CT molecular complexity index is 252. The van der Waals surface area contributed by atoms with Gasteiger partial charge in [-0.05, 0) is 14.1 Å². The first-order valence-electron chi connectivity index (χ1n) is 3.82. The highest BCUT2D eigenvalue weighted by Crippen LogP contribution is 2.11. The van der Waals surface area contributed by atoms with Crippen LogP contribution in [-0.2, 0) is 6.54 Å². The largest absolute Gasteiger partial charge is 0.394 e. The Hall–Kier alpha value is -1.23. The Morgan fingerprint density at radius 1 is 1.50 bits per heavy atom. The highest BCUT2D eigenvalue weighted by molar-refractivity contribution is 5.56. The smallest absolute Gasteiger partial charge is 0.145 e. The van der Waals surface area contributed by atoms with E-state index in [9.17, 15) is 0 Å². The lowest BCUT2D eigenvalue weighted by Crippen LogP contribution is -2.19. The average Bonchev–Trinajstić information content (AvgIpc) is 2.30. The molecular formula is C7H15N5. The van der Waals surface area contributed by atoms with Gasteiger partial charge in [0.15, 0.2) is 0 Å². The summed E-state index contributed by atoms with van der Waals surface area (Å²) in [6, 6.07) is 0. The van der Waals surface area contributed by atoms with Crippen molar-refractivity contribution < 1.29 is 0 Å². The standard InChI is InChI=1S/C7H15N5/c1-11(2)3-4-12-7(9)6(8)5-10-12/h5H,3-4,8-9H2,1-2H3. The number of nitrogen functional groups attached to an aromatic ring is 2. The number of anilines is 2. The fraction of sp³-hybridized carbons (Fsp3) is 0.571. The number of nitrogens with two attached hydrogens (primary N) is 2. The second kappa shape index (κ2) is 3.44. The van der Waals surface area contributed by atoms with E-state index in [0.717, 1.165) is 13.1 Å². The molecule has 0 amide bonds. The van der Waals surface area contributed by atoms with Crippen molar-refractivity contribution in [2.24, 2.45) is 0 Å². The van der Waals surface area contributed by atoms with Crippen LogP contribution in [0.4, 0.5) is 11.5 Å². The van der Waals surface area contributed by atoms with E-state index in [0.29, 0.717) is 11.5 Å². The van der Waals surface area contributed by atoms with Gasteiger partial charge in [0.2, 0.25) is 0 Å². The van der Waals surface area contributed by atoms with Crippen molar-refractivity contribution in [2.45, 2.75) is 6.54 Å². The predicted molar refractivity (Wildman–Crippen MR) is 49.6 cm³/mol. The van der Waals surface area contributed by atoms with Gasteiger partial charge in [-0.25, -0.2) is 4.68 Å². The molecule has 1 heterocycles. The van der Waals surface area contributed by atoms with Crippen LogP contribution in [0, 0.1) is 0 Å². The third kappa shape index (κ3) is 1.88. The van der Waals surface area contributed by atoms with Gasteiger partial charge in [0, 0.05) is 6.54 Å². The summed E-state index contributed by atoms with van der Waals surface area (Å²) in [6.07, 6.45) is 1.57. The first kappa shape index (κ1) is 8.86. The third-order valence-electron chi connectivity index (χ3n) is 1.67. The van der Waals surface area contributed by atoms with Crippen molar-refractivity contribution in [3.8, 4) is 0 Å². The maximum Gasteiger partial charge on any atom is 0.145 e. The van der Waals surface area contributed by atoms with Crippen LogP contribution in [0.25, 0.3) is 0 Å². The summed E-state index contributed by atoms with van der Waals surface area (Å²) in [4.78, 5) is 2.07. The number of hydrogen-bond acceptors (Lipinski definition) is 4. The molecule has 0 aliphatic carbocycles. The fourth-order valence-corrected chi connectivity index (χ4v) is 0.882. The monoisotopic (exact) mass is 169 g/mol. The van der Waals surface area contributed by atoms with Crippen molar-refractivity contribution in [1.82, 2.24) is 14.7 Å². The third-order valence-corrected chi connectivity index (χ3v) is 1.67. The van der Waals surface area contributed by atoms with Gasteiger partial charge in [0.05, 0.1) is 18.4 Å². The minimum atomic E-state index is 0.550. The van der Waals surface area contributed by atoms with Crippen LogP contribution in [0.3, 0.4) is 0 Å². The Balaban J connectivity index is 2.58. The maximum absolute atomic E-state index is 5.65. The molecule has 68 valence electrons. The molecule has 1 aromatic rings. The summed E-state index contributed by atoms with van der Waals surface area (Å²) in [5.74, 6) is 0.553. The number of rotatable bonds is 3. The zero-order chi connectivity index (χ0) is 9.14.